The van der Waals surface area contributed by atoms with Crippen molar-refractivity contribution in [2.75, 3.05) is 13.7 Å². The van der Waals surface area contributed by atoms with Gasteiger partial charge in [-0.3, -0.25) is 9.59 Å². The molecule has 47 heavy (non-hydrogen) atoms. The van der Waals surface area contributed by atoms with Crippen molar-refractivity contribution >= 4 is 62.3 Å². The van der Waals surface area contributed by atoms with Crippen molar-refractivity contribution in [1.82, 2.24) is 9.97 Å². The highest BCUT2D eigenvalue weighted by Gasteiger charge is 2.12. The Balaban J connectivity index is 0.000000173. The van der Waals surface area contributed by atoms with E-state index in [0.717, 1.165) is 48.5 Å². The maximum atomic E-state index is 11.7. The summed E-state index contributed by atoms with van der Waals surface area (Å²) in [5, 5.41) is 19.5. The van der Waals surface area contributed by atoms with Crippen molar-refractivity contribution in [3.63, 3.8) is 0 Å². The molecule has 0 spiro atoms. The summed E-state index contributed by atoms with van der Waals surface area (Å²) in [6, 6.07) is 27.8. The van der Waals surface area contributed by atoms with Crippen LogP contribution in [-0.2, 0) is 31.9 Å². The molecule has 6 rings (SSSR count). The lowest BCUT2D eigenvalue weighted by Gasteiger charge is -2.05. The summed E-state index contributed by atoms with van der Waals surface area (Å²) in [5.74, 6) is -0.416. The van der Waals surface area contributed by atoms with Gasteiger partial charge in [-0.25, -0.2) is 0 Å². The van der Waals surface area contributed by atoms with Crippen molar-refractivity contribution < 1.29 is 29.1 Å². The standard InChI is InChI=1S/C19H19NO2.C11H10BrNO2.C7H9BO2/c1-3-22-19(21)11-16-12-20-18-8-7-15(10-17(16)18)14-6-4-5-13(2)9-14;1-15-11(14)4-7-6-13-10-3-2-8(12)5-9(7)10;1-6-3-2-4-7(5-6)8(9)10/h4-10,12,20H,3,11H2,1-2H3;2-3,5-6,13H,4H2,1H3;2-5,9-10H,1H3. The average Bonchev–Trinajstić information content (AvgIpc) is 3.64. The van der Waals surface area contributed by atoms with E-state index in [9.17, 15) is 9.59 Å². The van der Waals surface area contributed by atoms with E-state index in [4.69, 9.17) is 14.8 Å². The highest BCUT2D eigenvalue weighted by molar-refractivity contribution is 9.10. The van der Waals surface area contributed by atoms with Gasteiger partial charge in [0.2, 0.25) is 0 Å². The number of methoxy groups -OCH3 is 1. The van der Waals surface area contributed by atoms with Gasteiger partial charge in [-0.15, -0.1) is 0 Å². The van der Waals surface area contributed by atoms with E-state index in [1.165, 1.54) is 18.2 Å². The van der Waals surface area contributed by atoms with Gasteiger partial charge in [-0.05, 0) is 78.8 Å². The van der Waals surface area contributed by atoms with Crippen LogP contribution >= 0.6 is 15.9 Å². The molecule has 0 radical (unpaired) electrons. The Morgan fingerprint density at radius 2 is 1.32 bits per heavy atom. The van der Waals surface area contributed by atoms with E-state index in [1.807, 2.05) is 50.5 Å². The largest absolute Gasteiger partial charge is 0.488 e. The minimum absolute atomic E-state index is 0.190. The van der Waals surface area contributed by atoms with E-state index in [1.54, 1.807) is 18.2 Å². The van der Waals surface area contributed by atoms with Crippen LogP contribution in [0.5, 0.6) is 0 Å². The number of nitrogens with one attached hydrogen (secondary N) is 2. The van der Waals surface area contributed by atoms with Crippen molar-refractivity contribution in [2.24, 2.45) is 0 Å². The van der Waals surface area contributed by atoms with Crippen LogP contribution < -0.4 is 5.46 Å². The van der Waals surface area contributed by atoms with Crippen LogP contribution in [-0.4, -0.2) is 52.8 Å². The number of hydrogen-bond donors (Lipinski definition) is 4. The van der Waals surface area contributed by atoms with E-state index < -0.39 is 7.12 Å². The van der Waals surface area contributed by atoms with Gasteiger partial charge in [0.1, 0.15) is 0 Å². The summed E-state index contributed by atoms with van der Waals surface area (Å²) < 4.78 is 10.7. The summed E-state index contributed by atoms with van der Waals surface area (Å²) >= 11 is 3.40. The van der Waals surface area contributed by atoms with Gasteiger partial charge in [0.15, 0.2) is 0 Å². The minimum Gasteiger partial charge on any atom is -0.469 e. The van der Waals surface area contributed by atoms with Crippen LogP contribution in [0, 0.1) is 13.8 Å². The van der Waals surface area contributed by atoms with Crippen molar-refractivity contribution in [2.45, 2.75) is 33.6 Å². The fraction of sp³-hybridized carbons (Fsp3) is 0.189. The Kier molecular flexibility index (Phi) is 12.6. The second-order valence-electron chi connectivity index (χ2n) is 11.0. The topological polar surface area (TPSA) is 125 Å². The minimum atomic E-state index is -1.35. The summed E-state index contributed by atoms with van der Waals surface area (Å²) in [5.41, 5.74) is 9.14. The molecule has 0 unspecified atom stereocenters. The SMILES string of the molecule is CCOC(=O)Cc1c[nH]c2ccc(-c3cccc(C)c3)cc12.COC(=O)Cc1c[nH]c2ccc(Br)cc12.Cc1cccc(B(O)O)c1. The molecule has 4 aromatic carbocycles. The Morgan fingerprint density at radius 1 is 0.745 bits per heavy atom. The molecule has 0 atom stereocenters. The van der Waals surface area contributed by atoms with Gasteiger partial charge in [0.05, 0.1) is 26.6 Å². The quantitative estimate of drug-likeness (QED) is 0.111. The number of ether oxygens (including phenoxy) is 2. The number of carbonyl (C=O) groups is 2. The molecule has 4 N–H and O–H groups in total. The first-order valence-corrected chi connectivity index (χ1v) is 15.9. The number of carbonyl (C=O) groups excluding carboxylic acids is 2. The van der Waals surface area contributed by atoms with Gasteiger partial charge in [-0.1, -0.05) is 81.7 Å². The molecule has 242 valence electrons. The normalized spacial score (nSPS) is 10.4. The molecule has 0 saturated carbocycles. The zero-order chi connectivity index (χ0) is 33.9. The second-order valence-corrected chi connectivity index (χ2v) is 11.9. The van der Waals surface area contributed by atoms with Gasteiger partial charge >= 0.3 is 19.1 Å². The van der Waals surface area contributed by atoms with Crippen molar-refractivity contribution in [3.8, 4) is 11.1 Å². The Labute approximate surface area is 283 Å². The van der Waals surface area contributed by atoms with E-state index in [0.29, 0.717) is 24.9 Å². The number of fused-ring (bicyclic) bond motifs is 2. The molecule has 0 aliphatic heterocycles. The monoisotopic (exact) mass is 696 g/mol. The summed E-state index contributed by atoms with van der Waals surface area (Å²) in [4.78, 5) is 29.2. The van der Waals surface area contributed by atoms with Gasteiger partial charge < -0.3 is 29.5 Å². The highest BCUT2D eigenvalue weighted by atomic mass is 79.9. The van der Waals surface area contributed by atoms with Crippen molar-refractivity contribution in [3.05, 3.63) is 124 Å². The third kappa shape index (κ3) is 9.92. The van der Waals surface area contributed by atoms with Crippen LogP contribution in [0.25, 0.3) is 32.9 Å². The first-order valence-electron chi connectivity index (χ1n) is 15.2. The molecule has 0 amide bonds. The molecule has 0 saturated heterocycles. The lowest BCUT2D eigenvalue weighted by atomic mass is 9.80. The Hall–Kier alpha value is -4.64. The number of rotatable bonds is 7. The molecule has 2 heterocycles. The number of aromatic amines is 2. The van der Waals surface area contributed by atoms with Gasteiger partial charge in [0, 0.05) is 38.7 Å². The lowest BCUT2D eigenvalue weighted by Crippen LogP contribution is -2.29. The van der Waals surface area contributed by atoms with Crippen LogP contribution in [0.3, 0.4) is 0 Å². The maximum absolute atomic E-state index is 11.7. The fourth-order valence-electron chi connectivity index (χ4n) is 5.05. The zero-order valence-electron chi connectivity index (χ0n) is 26.8. The molecule has 6 aromatic rings. The number of hydrogen-bond acceptors (Lipinski definition) is 6. The summed E-state index contributed by atoms with van der Waals surface area (Å²) in [7, 11) is 0.0486. The van der Waals surface area contributed by atoms with Crippen molar-refractivity contribution in [1.29, 1.82) is 0 Å². The smallest absolute Gasteiger partial charge is 0.469 e. The molecular formula is C37H38BBrN2O6. The van der Waals surface area contributed by atoms with E-state index in [2.05, 4.69) is 80.0 Å². The number of halogens is 1. The molecule has 0 aliphatic rings. The molecule has 10 heteroatoms. The van der Waals surface area contributed by atoms with E-state index in [-0.39, 0.29) is 11.9 Å². The van der Waals surface area contributed by atoms with Crippen LogP contribution in [0.2, 0.25) is 0 Å². The third-order valence-corrected chi connectivity index (χ3v) is 7.88. The Morgan fingerprint density at radius 3 is 1.89 bits per heavy atom. The first-order chi connectivity index (χ1) is 22.6. The van der Waals surface area contributed by atoms with Crippen LogP contribution in [0.15, 0.2) is 102 Å². The molecule has 8 nitrogen and oxygen atoms in total. The Bertz CT molecular complexity index is 1970. The second kappa shape index (κ2) is 16.8. The molecular weight excluding hydrogens is 659 g/mol. The van der Waals surface area contributed by atoms with Gasteiger partial charge in [-0.2, -0.15) is 0 Å². The summed E-state index contributed by atoms with van der Waals surface area (Å²) in [6.45, 7) is 6.23. The molecule has 0 fully saturated rings. The van der Waals surface area contributed by atoms with E-state index >= 15 is 0 Å². The predicted molar refractivity (Wildman–Crippen MR) is 192 cm³/mol. The number of benzene rings is 4. The molecule has 0 aliphatic carbocycles. The lowest BCUT2D eigenvalue weighted by molar-refractivity contribution is -0.142. The molecule has 0 bridgehead atoms. The fourth-order valence-corrected chi connectivity index (χ4v) is 5.41. The summed E-state index contributed by atoms with van der Waals surface area (Å²) in [6.07, 6.45) is 4.33. The third-order valence-electron chi connectivity index (χ3n) is 7.39. The first kappa shape index (κ1) is 35.2. The average molecular weight is 697 g/mol. The number of H-pyrrole nitrogens is 2. The molecule has 2 aromatic heterocycles. The predicted octanol–water partition coefficient (Wildman–Crippen LogP) is 6.57. The van der Waals surface area contributed by atoms with Crippen LogP contribution in [0.4, 0.5) is 0 Å². The number of aromatic nitrogens is 2. The zero-order valence-corrected chi connectivity index (χ0v) is 28.4. The number of esters is 2. The maximum Gasteiger partial charge on any atom is 0.488 e. The van der Waals surface area contributed by atoms with Gasteiger partial charge in [0.25, 0.3) is 0 Å². The number of aryl methyl sites for hydroxylation is 2. The highest BCUT2D eigenvalue weighted by Crippen LogP contribution is 2.27. The van der Waals surface area contributed by atoms with Crippen LogP contribution in [0.1, 0.15) is 29.2 Å².